The second kappa shape index (κ2) is 5.51. The third kappa shape index (κ3) is 4.13. The Labute approximate surface area is 95.2 Å². The van der Waals surface area contributed by atoms with Crippen molar-refractivity contribution in [2.45, 2.75) is 49.9 Å². The van der Waals surface area contributed by atoms with E-state index in [9.17, 15) is 0 Å². The van der Waals surface area contributed by atoms with Crippen molar-refractivity contribution in [1.82, 2.24) is 4.90 Å². The van der Waals surface area contributed by atoms with Crippen LogP contribution in [0.25, 0.3) is 0 Å². The van der Waals surface area contributed by atoms with E-state index < -0.39 is 0 Å². The molecule has 1 heterocycles. The second-order valence-corrected chi connectivity index (χ2v) is 5.82. The molecular formula is C10H20INO. The molecule has 0 aliphatic carbocycles. The van der Waals surface area contributed by atoms with E-state index in [-0.39, 0.29) is 0 Å². The fourth-order valence-corrected chi connectivity index (χ4v) is 2.29. The summed E-state index contributed by atoms with van der Waals surface area (Å²) < 4.78 is 6.46. The van der Waals surface area contributed by atoms with Gasteiger partial charge < -0.3 is 4.74 Å². The highest BCUT2D eigenvalue weighted by Crippen LogP contribution is 2.19. The van der Waals surface area contributed by atoms with E-state index in [4.69, 9.17) is 4.74 Å². The largest absolute Gasteiger partial charge is 0.374 e. The van der Waals surface area contributed by atoms with Gasteiger partial charge in [0.25, 0.3) is 0 Å². The van der Waals surface area contributed by atoms with Gasteiger partial charge in [0.2, 0.25) is 0 Å². The number of halogens is 1. The topological polar surface area (TPSA) is 12.5 Å². The van der Waals surface area contributed by atoms with Crippen molar-refractivity contribution in [1.29, 1.82) is 0 Å². The molecule has 0 N–H and O–H groups in total. The fourth-order valence-electron chi connectivity index (χ4n) is 1.79. The number of likely N-dealkylation sites (tertiary alicyclic amines) is 1. The molecule has 0 aromatic heterocycles. The summed E-state index contributed by atoms with van der Waals surface area (Å²) in [5.74, 6) is 0. The van der Waals surface area contributed by atoms with Crippen molar-refractivity contribution < 1.29 is 4.74 Å². The van der Waals surface area contributed by atoms with Gasteiger partial charge in [-0.2, -0.15) is 0 Å². The summed E-state index contributed by atoms with van der Waals surface area (Å²) in [4.78, 5) is 2.50. The predicted octanol–water partition coefficient (Wildman–Crippen LogP) is 2.66. The quantitative estimate of drug-likeness (QED) is 0.451. The Morgan fingerprint density at radius 3 is 2.62 bits per heavy atom. The molecule has 0 aromatic carbocycles. The Kier molecular flexibility index (Phi) is 4.97. The number of alkyl halides is 1. The molecule has 0 aromatic rings. The molecule has 0 spiro atoms. The molecule has 1 unspecified atom stereocenters. The van der Waals surface area contributed by atoms with Crippen molar-refractivity contribution in [3.8, 4) is 0 Å². The number of hydrogen-bond acceptors (Lipinski definition) is 2. The highest BCUT2D eigenvalue weighted by Gasteiger charge is 2.23. The van der Waals surface area contributed by atoms with E-state index in [0.29, 0.717) is 16.3 Å². The van der Waals surface area contributed by atoms with Crippen molar-refractivity contribution in [3.05, 3.63) is 0 Å². The van der Waals surface area contributed by atoms with Gasteiger partial charge in [-0.1, -0.05) is 22.6 Å². The lowest BCUT2D eigenvalue weighted by molar-refractivity contribution is -0.0332. The minimum atomic E-state index is 0.370. The molecule has 0 saturated carbocycles. The van der Waals surface area contributed by atoms with Crippen LogP contribution in [0.2, 0.25) is 0 Å². The maximum atomic E-state index is 5.83. The molecule has 1 rings (SSSR count). The molecular weight excluding hydrogens is 277 g/mol. The molecule has 78 valence electrons. The number of rotatable bonds is 3. The lowest BCUT2D eigenvalue weighted by atomic mass is 10.1. The van der Waals surface area contributed by atoms with E-state index in [1.807, 2.05) is 0 Å². The van der Waals surface area contributed by atoms with E-state index in [1.165, 1.54) is 19.4 Å². The maximum absolute atomic E-state index is 5.83. The minimum absolute atomic E-state index is 0.370. The highest BCUT2D eigenvalue weighted by molar-refractivity contribution is 14.1. The first kappa shape index (κ1) is 11.7. The van der Waals surface area contributed by atoms with Crippen LogP contribution in [-0.2, 0) is 4.74 Å². The highest BCUT2D eigenvalue weighted by atomic mass is 127. The summed E-state index contributed by atoms with van der Waals surface area (Å²) in [6, 6.07) is 0. The maximum Gasteiger partial charge on any atom is 0.0706 e. The van der Waals surface area contributed by atoms with Crippen molar-refractivity contribution in [2.24, 2.45) is 0 Å². The Bertz CT molecular complexity index is 150. The number of ether oxygens (including phenoxy) is 1. The Morgan fingerprint density at radius 1 is 1.38 bits per heavy atom. The molecule has 0 bridgehead atoms. The average Bonchev–Trinajstić information content (AvgIpc) is 2.03. The molecule has 1 saturated heterocycles. The third-order valence-corrected chi connectivity index (χ3v) is 3.17. The van der Waals surface area contributed by atoms with Crippen LogP contribution in [0, 0.1) is 0 Å². The van der Waals surface area contributed by atoms with Gasteiger partial charge in [-0.15, -0.1) is 0 Å². The minimum Gasteiger partial charge on any atom is -0.374 e. The first-order chi connectivity index (χ1) is 6.09. The Hall–Kier alpha value is 0.650. The summed E-state index contributed by atoms with van der Waals surface area (Å²) in [6.07, 6.45) is 3.35. The third-order valence-electron chi connectivity index (χ3n) is 2.38. The summed E-state index contributed by atoms with van der Waals surface area (Å²) in [6.45, 7) is 8.83. The first-order valence-corrected chi connectivity index (χ1v) is 6.37. The van der Waals surface area contributed by atoms with Crippen molar-refractivity contribution in [3.63, 3.8) is 0 Å². The van der Waals surface area contributed by atoms with Gasteiger partial charge in [0.05, 0.1) is 16.3 Å². The first-order valence-electron chi connectivity index (χ1n) is 5.13. The van der Waals surface area contributed by atoms with E-state index in [2.05, 4.69) is 48.3 Å². The van der Waals surface area contributed by atoms with Gasteiger partial charge in [-0.05, 0) is 40.2 Å². The molecule has 13 heavy (non-hydrogen) atoms. The Balaban J connectivity index is 2.33. The Morgan fingerprint density at radius 2 is 2.08 bits per heavy atom. The van der Waals surface area contributed by atoms with Crippen LogP contribution in [0.4, 0.5) is 0 Å². The van der Waals surface area contributed by atoms with Gasteiger partial charge in [0.15, 0.2) is 0 Å². The molecule has 3 heteroatoms. The summed E-state index contributed by atoms with van der Waals surface area (Å²) in [5, 5.41) is 0. The zero-order valence-electron chi connectivity index (χ0n) is 8.79. The van der Waals surface area contributed by atoms with Gasteiger partial charge in [0.1, 0.15) is 0 Å². The zero-order valence-corrected chi connectivity index (χ0v) is 11.0. The molecule has 2 atom stereocenters. The number of hydrogen-bond donors (Lipinski definition) is 0. The molecule has 1 aliphatic rings. The van der Waals surface area contributed by atoms with Crippen LogP contribution in [0.1, 0.15) is 33.6 Å². The zero-order chi connectivity index (χ0) is 9.84. The van der Waals surface area contributed by atoms with Crippen LogP contribution in [-0.4, -0.2) is 34.2 Å². The SMILES string of the molecule is CC(C)OC1CCCN([C@H](C)I)C1. The fraction of sp³-hybridized carbons (Fsp3) is 1.00. The molecule has 0 radical (unpaired) electrons. The summed E-state index contributed by atoms with van der Waals surface area (Å²) >= 11 is 2.48. The van der Waals surface area contributed by atoms with Gasteiger partial charge in [-0.3, -0.25) is 4.90 Å². The summed E-state index contributed by atoms with van der Waals surface area (Å²) in [5.41, 5.74) is 0. The summed E-state index contributed by atoms with van der Waals surface area (Å²) in [7, 11) is 0. The lowest BCUT2D eigenvalue weighted by Gasteiger charge is -2.35. The number of piperidine rings is 1. The van der Waals surface area contributed by atoms with Crippen LogP contribution >= 0.6 is 22.6 Å². The monoisotopic (exact) mass is 297 g/mol. The number of nitrogens with zero attached hydrogens (tertiary/aromatic N) is 1. The van der Waals surface area contributed by atoms with E-state index in [1.54, 1.807) is 0 Å². The van der Waals surface area contributed by atoms with Crippen LogP contribution in [0.3, 0.4) is 0 Å². The van der Waals surface area contributed by atoms with Crippen LogP contribution < -0.4 is 0 Å². The molecule has 0 amide bonds. The molecule has 2 nitrogen and oxygen atoms in total. The van der Waals surface area contributed by atoms with Gasteiger partial charge in [0, 0.05) is 6.54 Å². The molecule has 1 fully saturated rings. The van der Waals surface area contributed by atoms with Gasteiger partial charge >= 0.3 is 0 Å². The average molecular weight is 297 g/mol. The standard InChI is InChI=1S/C10H20INO/c1-8(2)13-10-5-4-6-12(7-10)9(3)11/h8-10H,4-7H2,1-3H3/t9-,10?/m1/s1. The predicted molar refractivity (Wildman–Crippen MR) is 64.3 cm³/mol. The van der Waals surface area contributed by atoms with Crippen molar-refractivity contribution >= 4 is 22.6 Å². The van der Waals surface area contributed by atoms with E-state index in [0.717, 1.165) is 6.54 Å². The van der Waals surface area contributed by atoms with Crippen molar-refractivity contribution in [2.75, 3.05) is 13.1 Å². The smallest absolute Gasteiger partial charge is 0.0706 e. The lowest BCUT2D eigenvalue weighted by Crippen LogP contribution is -2.42. The normalized spacial score (nSPS) is 27.9. The van der Waals surface area contributed by atoms with Crippen LogP contribution in [0.5, 0.6) is 0 Å². The molecule has 1 aliphatic heterocycles. The van der Waals surface area contributed by atoms with Gasteiger partial charge in [-0.25, -0.2) is 0 Å². The second-order valence-electron chi connectivity index (χ2n) is 4.02. The van der Waals surface area contributed by atoms with E-state index >= 15 is 0 Å². The van der Waals surface area contributed by atoms with Crippen LogP contribution in [0.15, 0.2) is 0 Å².